The van der Waals surface area contributed by atoms with Crippen LogP contribution in [0.5, 0.6) is 0 Å². The normalized spacial score (nSPS) is 16.8. The van der Waals surface area contributed by atoms with Crippen molar-refractivity contribution in [3.05, 3.63) is 142 Å². The van der Waals surface area contributed by atoms with Crippen molar-refractivity contribution in [1.82, 2.24) is 45.7 Å². The summed E-state index contributed by atoms with van der Waals surface area (Å²) < 4.78 is 13.8. The third-order valence-electron chi connectivity index (χ3n) is 14.8. The number of benzene rings is 3. The van der Waals surface area contributed by atoms with Gasteiger partial charge in [0.1, 0.15) is 0 Å². The second kappa shape index (κ2) is 25.5. The van der Waals surface area contributed by atoms with Crippen molar-refractivity contribution >= 4 is 93.8 Å². The molecule has 9 heterocycles. The average Bonchev–Trinajstić information content (AvgIpc) is 4.41. The molecule has 1 N–H and O–H groups in total. The second-order valence-electron chi connectivity index (χ2n) is 21.4. The molecule has 18 heteroatoms. The molecule has 3 aliphatic rings. The van der Waals surface area contributed by atoms with Gasteiger partial charge < -0.3 is 24.6 Å². The summed E-state index contributed by atoms with van der Waals surface area (Å²) in [4.78, 5) is 44.0. The molecule has 414 valence electrons. The van der Waals surface area contributed by atoms with Crippen LogP contribution in [0.2, 0.25) is 0 Å². The molecule has 0 saturated carbocycles. The molecule has 3 aromatic carbocycles. The number of carbonyl (C=O) groups excluding carboxylic acids is 3. The molecule has 0 aliphatic carbocycles. The maximum Gasteiger partial charge on any atom is 0.275 e. The summed E-state index contributed by atoms with van der Waals surface area (Å²) in [5, 5.41) is 32.1. The third-order valence-corrected chi connectivity index (χ3v) is 19.6. The molecule has 12 rings (SSSR count). The minimum atomic E-state index is -0.199. The molecule has 3 saturated heterocycles. The van der Waals surface area contributed by atoms with Crippen LogP contribution in [0, 0.1) is 38.5 Å². The molecule has 3 amide bonds. The zero-order valence-corrected chi connectivity index (χ0v) is 49.9. The van der Waals surface area contributed by atoms with E-state index in [1.807, 2.05) is 11.8 Å². The number of amides is 3. The predicted octanol–water partition coefficient (Wildman–Crippen LogP) is 12.2. The van der Waals surface area contributed by atoms with E-state index in [0.717, 1.165) is 132 Å². The van der Waals surface area contributed by atoms with Crippen molar-refractivity contribution in [3.63, 3.8) is 0 Å². The van der Waals surface area contributed by atoms with Crippen molar-refractivity contribution in [1.29, 1.82) is 0 Å². The van der Waals surface area contributed by atoms with Crippen LogP contribution in [0.15, 0.2) is 91.0 Å². The lowest BCUT2D eigenvalue weighted by Gasteiger charge is -2.12. The predicted molar refractivity (Wildman–Crippen MR) is 327 cm³/mol. The van der Waals surface area contributed by atoms with Gasteiger partial charge in [0, 0.05) is 92.5 Å². The van der Waals surface area contributed by atoms with Crippen molar-refractivity contribution < 1.29 is 23.9 Å². The Hall–Kier alpha value is -6.54. The number of thiophene rings is 3. The first-order valence-corrected chi connectivity index (χ1v) is 30.8. The van der Waals surface area contributed by atoms with E-state index in [-0.39, 0.29) is 17.7 Å². The first kappa shape index (κ1) is 56.7. The minimum absolute atomic E-state index is 0.0900. The van der Waals surface area contributed by atoms with E-state index in [1.165, 1.54) is 40.2 Å². The monoisotopic (exact) mass is 1150 g/mol. The van der Waals surface area contributed by atoms with Gasteiger partial charge in [0.2, 0.25) is 0 Å². The fourth-order valence-corrected chi connectivity index (χ4v) is 14.8. The van der Waals surface area contributed by atoms with Gasteiger partial charge in [-0.15, -0.1) is 49.3 Å². The molecule has 6 aromatic heterocycles. The Balaban J connectivity index is 0.000000135. The summed E-state index contributed by atoms with van der Waals surface area (Å²) >= 11 is 6.88. The van der Waals surface area contributed by atoms with Crippen LogP contribution < -0.4 is 5.32 Å². The number of thioether (sulfide) groups is 1. The van der Waals surface area contributed by atoms with Crippen LogP contribution in [-0.2, 0) is 28.7 Å². The van der Waals surface area contributed by atoms with Crippen LogP contribution in [0.25, 0.3) is 61.6 Å². The Labute approximate surface area is 483 Å². The highest BCUT2D eigenvalue weighted by Crippen LogP contribution is 2.41. The minimum Gasteiger partial charge on any atom is -0.381 e. The van der Waals surface area contributed by atoms with Gasteiger partial charge in [-0.05, 0) is 123 Å². The van der Waals surface area contributed by atoms with Gasteiger partial charge >= 0.3 is 0 Å². The zero-order chi connectivity index (χ0) is 56.0. The number of aryl methyl sites for hydroxylation is 3. The Bertz CT molecular complexity index is 3490. The number of fused-ring (bicyclic) bond motifs is 3. The standard InChI is InChI=1S/C21H23N3O2S.C21H23N3OS2.C20H21N3O2S/c2*1-13-4-6-15(7-5-13)18-11-16-17(10-14-8-9-26-12-14)22-23-19(20(16)27-18)21(25)24(2)3;1-12-3-5-14(6-4-12)17-10-15-16(9-13-7-8-25-11-13)22-23-18(19(15)26-17)20(24)21-2/h2*4-7,11,14H,8-10,12H2,1-3H3;3-6,10,13H,7-9,11H2,1-2H3,(H,21,24). The quantitative estimate of drug-likeness (QED) is 0.123. The van der Waals surface area contributed by atoms with Gasteiger partial charge in [0.25, 0.3) is 17.7 Å². The molecule has 0 bridgehead atoms. The molecule has 9 aromatic rings. The topological polar surface area (TPSA) is 166 Å². The van der Waals surface area contributed by atoms with Crippen LogP contribution in [0.1, 0.15) is 84.5 Å². The highest BCUT2D eigenvalue weighted by atomic mass is 32.2. The average molecular weight is 1150 g/mol. The molecule has 80 heavy (non-hydrogen) atoms. The smallest absolute Gasteiger partial charge is 0.275 e. The molecule has 3 fully saturated rings. The zero-order valence-electron chi connectivity index (χ0n) is 46.6. The number of hydrogen-bond donors (Lipinski definition) is 1. The number of nitrogens with zero attached hydrogens (tertiary/aromatic N) is 8. The van der Waals surface area contributed by atoms with E-state index in [2.05, 4.69) is 148 Å². The molecule has 0 spiro atoms. The van der Waals surface area contributed by atoms with E-state index in [9.17, 15) is 14.4 Å². The van der Waals surface area contributed by atoms with Crippen molar-refractivity contribution in [3.8, 4) is 31.3 Å². The van der Waals surface area contributed by atoms with Gasteiger partial charge in [-0.3, -0.25) is 14.4 Å². The number of aromatic nitrogens is 6. The number of hydrogen-bond acceptors (Lipinski definition) is 15. The summed E-state index contributed by atoms with van der Waals surface area (Å²) in [5.41, 5.74) is 11.4. The maximum absolute atomic E-state index is 12.6. The number of nitrogens with one attached hydrogen (secondary N) is 1. The number of carbonyl (C=O) groups is 3. The SMILES string of the molecule is CNC(=O)c1nnc(CC2CCOC2)c2cc(-c3ccc(C)cc3)sc12.Cc1ccc(-c2cc3c(CC4CCOC4)nnc(C(=O)N(C)C)c3s2)cc1.Cc1ccc(-c2cc3c(CC4CCSC4)nnc(C(=O)N(C)C)c3s2)cc1. The molecule has 0 radical (unpaired) electrons. The van der Waals surface area contributed by atoms with Crippen LogP contribution in [-0.4, -0.2) is 131 Å². The van der Waals surface area contributed by atoms with Gasteiger partial charge in [-0.1, -0.05) is 89.5 Å². The molecule has 3 unspecified atom stereocenters. The summed E-state index contributed by atoms with van der Waals surface area (Å²) in [7, 11) is 8.62. The third kappa shape index (κ3) is 13.0. The first-order valence-electron chi connectivity index (χ1n) is 27.2. The van der Waals surface area contributed by atoms with E-state index >= 15 is 0 Å². The molecular formula is C62H67N9O5S4. The molecule has 3 aliphatic heterocycles. The second-order valence-corrected chi connectivity index (χ2v) is 25.7. The Kier molecular flexibility index (Phi) is 18.1. The number of ether oxygens (including phenoxy) is 2. The van der Waals surface area contributed by atoms with Crippen LogP contribution in [0.4, 0.5) is 0 Å². The highest BCUT2D eigenvalue weighted by molar-refractivity contribution is 7.99. The Morgan fingerprint density at radius 3 is 1.20 bits per heavy atom. The fraction of sp³-hybridized carbons (Fsp3) is 0.371. The summed E-state index contributed by atoms with van der Waals surface area (Å²) in [6.45, 7) is 9.43. The fourth-order valence-electron chi connectivity index (χ4n) is 10.0. The molecular weight excluding hydrogens is 1080 g/mol. The lowest BCUT2D eigenvalue weighted by Crippen LogP contribution is -2.23. The highest BCUT2D eigenvalue weighted by Gasteiger charge is 2.27. The van der Waals surface area contributed by atoms with E-state index < -0.39 is 0 Å². The number of rotatable bonds is 12. The van der Waals surface area contributed by atoms with E-state index in [1.54, 1.807) is 79.0 Å². The van der Waals surface area contributed by atoms with Gasteiger partial charge in [0.15, 0.2) is 17.1 Å². The molecule has 3 atom stereocenters. The lowest BCUT2D eigenvalue weighted by molar-refractivity contribution is 0.0816. The lowest BCUT2D eigenvalue weighted by atomic mass is 10.0. The van der Waals surface area contributed by atoms with Crippen LogP contribution in [0.3, 0.4) is 0 Å². The Morgan fingerprint density at radius 1 is 0.512 bits per heavy atom. The molecule has 14 nitrogen and oxygen atoms in total. The van der Waals surface area contributed by atoms with Gasteiger partial charge in [-0.25, -0.2) is 0 Å². The van der Waals surface area contributed by atoms with E-state index in [4.69, 9.17) is 9.47 Å². The first-order chi connectivity index (χ1) is 38.7. The maximum atomic E-state index is 12.6. The van der Waals surface area contributed by atoms with Gasteiger partial charge in [-0.2, -0.15) is 27.1 Å². The summed E-state index contributed by atoms with van der Waals surface area (Å²) in [5.74, 6) is 3.63. The van der Waals surface area contributed by atoms with Crippen LogP contribution >= 0.6 is 45.8 Å². The van der Waals surface area contributed by atoms with Crippen molar-refractivity contribution in [2.24, 2.45) is 17.8 Å². The summed E-state index contributed by atoms with van der Waals surface area (Å²) in [6, 6.07) is 31.9. The van der Waals surface area contributed by atoms with Crippen molar-refractivity contribution in [2.75, 3.05) is 73.2 Å². The largest absolute Gasteiger partial charge is 0.381 e. The van der Waals surface area contributed by atoms with Gasteiger partial charge in [0.05, 0.1) is 31.2 Å². The Morgan fingerprint density at radius 2 is 0.875 bits per heavy atom. The van der Waals surface area contributed by atoms with E-state index in [0.29, 0.717) is 34.8 Å². The van der Waals surface area contributed by atoms with Crippen molar-refractivity contribution in [2.45, 2.75) is 59.3 Å². The summed E-state index contributed by atoms with van der Waals surface area (Å²) in [6.07, 6.45) is 5.95.